The Morgan fingerprint density at radius 3 is 2.92 bits per heavy atom. The van der Waals surface area contributed by atoms with Crippen LogP contribution in [-0.2, 0) is 16.1 Å². The van der Waals surface area contributed by atoms with E-state index in [0.29, 0.717) is 23.7 Å². The number of hydrogen-bond acceptors (Lipinski definition) is 3. The molecular weight excluding hydrogens is 328 g/mol. The molecule has 2 aromatic heterocycles. The van der Waals surface area contributed by atoms with Crippen molar-refractivity contribution in [1.29, 1.82) is 0 Å². The van der Waals surface area contributed by atoms with Gasteiger partial charge in [0.2, 0.25) is 12.3 Å². The maximum absolute atomic E-state index is 12.1. The lowest BCUT2D eigenvalue weighted by Gasteiger charge is -2.17. The first-order valence-corrected chi connectivity index (χ1v) is 7.70. The molecule has 0 aliphatic heterocycles. The molecule has 6 nitrogen and oxygen atoms in total. The molecule has 2 heterocycles. The number of carbonyl (C=O) groups is 2. The van der Waals surface area contributed by atoms with E-state index < -0.39 is 0 Å². The quantitative estimate of drug-likeness (QED) is 0.699. The summed E-state index contributed by atoms with van der Waals surface area (Å²) in [5, 5.41) is 3.26. The topological polar surface area (TPSA) is 66.7 Å². The summed E-state index contributed by atoms with van der Waals surface area (Å²) < 4.78 is 1.88. The van der Waals surface area contributed by atoms with Gasteiger partial charge in [-0.15, -0.1) is 0 Å². The number of nitrogens with zero attached hydrogens (tertiary/aromatic N) is 3. The second kappa shape index (κ2) is 7.14. The molecule has 1 aromatic carbocycles. The van der Waals surface area contributed by atoms with Gasteiger partial charge in [-0.1, -0.05) is 23.7 Å². The van der Waals surface area contributed by atoms with Crippen LogP contribution in [0.5, 0.6) is 0 Å². The van der Waals surface area contributed by atoms with Crippen LogP contribution in [-0.4, -0.2) is 28.2 Å². The number of fused-ring (bicyclic) bond motifs is 1. The number of hydrogen-bond donors (Lipinski definition) is 1. The van der Waals surface area contributed by atoms with Crippen LogP contribution in [0.3, 0.4) is 0 Å². The van der Waals surface area contributed by atoms with Gasteiger partial charge in [-0.3, -0.25) is 9.59 Å². The van der Waals surface area contributed by atoms with Crippen molar-refractivity contribution in [3.8, 4) is 0 Å². The fourth-order valence-corrected chi connectivity index (χ4v) is 2.50. The molecule has 3 aromatic rings. The van der Waals surface area contributed by atoms with Gasteiger partial charge in [-0.2, -0.15) is 0 Å². The normalized spacial score (nSPS) is 10.5. The molecule has 2 amide bonds. The number of pyridine rings is 1. The highest BCUT2D eigenvalue weighted by molar-refractivity contribution is 6.30. The Morgan fingerprint density at radius 2 is 2.17 bits per heavy atom. The molecule has 0 unspecified atom stereocenters. The lowest BCUT2D eigenvalue weighted by molar-refractivity contribution is -0.121. The van der Waals surface area contributed by atoms with Gasteiger partial charge in [0.15, 0.2) is 0 Å². The number of halogens is 1. The van der Waals surface area contributed by atoms with Crippen molar-refractivity contribution >= 4 is 35.3 Å². The summed E-state index contributed by atoms with van der Waals surface area (Å²) in [5.41, 5.74) is 2.13. The van der Waals surface area contributed by atoms with Crippen molar-refractivity contribution in [1.82, 2.24) is 14.7 Å². The van der Waals surface area contributed by atoms with Crippen molar-refractivity contribution in [3.05, 3.63) is 65.6 Å². The molecule has 0 fully saturated rings. The van der Waals surface area contributed by atoms with Crippen molar-refractivity contribution in [2.24, 2.45) is 0 Å². The highest BCUT2D eigenvalue weighted by Crippen LogP contribution is 2.18. The zero-order valence-corrected chi connectivity index (χ0v) is 13.5. The second-order valence-electron chi connectivity index (χ2n) is 5.19. The van der Waals surface area contributed by atoms with Gasteiger partial charge >= 0.3 is 0 Å². The van der Waals surface area contributed by atoms with Gasteiger partial charge in [-0.25, -0.2) is 4.98 Å². The van der Waals surface area contributed by atoms with Crippen molar-refractivity contribution in [2.75, 3.05) is 11.4 Å². The van der Waals surface area contributed by atoms with E-state index >= 15 is 0 Å². The Kier molecular flexibility index (Phi) is 4.77. The summed E-state index contributed by atoms with van der Waals surface area (Å²) in [5.74, 6) is -0.279. The number of benzene rings is 1. The summed E-state index contributed by atoms with van der Waals surface area (Å²) in [4.78, 5) is 29.0. The molecular formula is C17H15ClN4O2. The summed E-state index contributed by atoms with van der Waals surface area (Å²) in [6.45, 7) is 0.208. The highest BCUT2D eigenvalue weighted by atomic mass is 35.5. The second-order valence-corrected chi connectivity index (χ2v) is 5.62. The zero-order valence-electron chi connectivity index (χ0n) is 12.7. The van der Waals surface area contributed by atoms with Crippen LogP contribution in [0.15, 0.2) is 54.9 Å². The third kappa shape index (κ3) is 3.72. The standard InChI is InChI=1S/C17H15ClN4O2/c18-13-4-3-5-15(8-13)22(12-23)11-17(24)19-9-14-10-21-7-2-1-6-16(21)20-14/h1-8,10,12H,9,11H2,(H,19,24). The maximum atomic E-state index is 12.1. The Morgan fingerprint density at radius 1 is 1.29 bits per heavy atom. The summed E-state index contributed by atoms with van der Waals surface area (Å²) in [6.07, 6.45) is 4.35. The number of imidazole rings is 1. The molecule has 0 aliphatic rings. The third-order valence-electron chi connectivity index (χ3n) is 3.46. The van der Waals surface area contributed by atoms with Crippen LogP contribution in [0.1, 0.15) is 5.69 Å². The van der Waals surface area contributed by atoms with Crippen LogP contribution in [0.25, 0.3) is 5.65 Å². The number of rotatable bonds is 6. The smallest absolute Gasteiger partial charge is 0.240 e. The molecule has 24 heavy (non-hydrogen) atoms. The monoisotopic (exact) mass is 342 g/mol. The van der Waals surface area contributed by atoms with Gasteiger partial charge < -0.3 is 14.6 Å². The predicted molar refractivity (Wildman–Crippen MR) is 91.9 cm³/mol. The number of carbonyl (C=O) groups excluding carboxylic acids is 2. The molecule has 0 saturated carbocycles. The van der Waals surface area contributed by atoms with E-state index in [4.69, 9.17) is 11.6 Å². The summed E-state index contributed by atoms with van der Waals surface area (Å²) in [7, 11) is 0. The fourth-order valence-electron chi connectivity index (χ4n) is 2.32. The SMILES string of the molecule is O=CN(CC(=O)NCc1cn2ccccc2n1)c1cccc(Cl)c1. The number of nitrogens with one attached hydrogen (secondary N) is 1. The molecule has 0 spiro atoms. The van der Waals surface area contributed by atoms with Crippen LogP contribution < -0.4 is 10.2 Å². The van der Waals surface area contributed by atoms with E-state index in [1.807, 2.05) is 35.0 Å². The van der Waals surface area contributed by atoms with Crippen LogP contribution in [0, 0.1) is 0 Å². The molecule has 0 atom stereocenters. The first-order chi connectivity index (χ1) is 11.7. The minimum Gasteiger partial charge on any atom is -0.349 e. The van der Waals surface area contributed by atoms with E-state index in [9.17, 15) is 9.59 Å². The number of anilines is 1. The highest BCUT2D eigenvalue weighted by Gasteiger charge is 2.11. The van der Waals surface area contributed by atoms with Crippen LogP contribution in [0.2, 0.25) is 5.02 Å². The summed E-state index contributed by atoms with van der Waals surface area (Å²) in [6, 6.07) is 12.5. The van der Waals surface area contributed by atoms with Gasteiger partial charge in [0.05, 0.1) is 12.2 Å². The van der Waals surface area contributed by atoms with Crippen LogP contribution in [0.4, 0.5) is 5.69 Å². The Hall–Kier alpha value is -2.86. The zero-order chi connectivity index (χ0) is 16.9. The minimum absolute atomic E-state index is 0.0861. The molecule has 1 N–H and O–H groups in total. The molecule has 122 valence electrons. The molecule has 0 radical (unpaired) electrons. The maximum Gasteiger partial charge on any atom is 0.240 e. The summed E-state index contributed by atoms with van der Waals surface area (Å²) >= 11 is 5.91. The Labute approximate surface area is 143 Å². The largest absolute Gasteiger partial charge is 0.349 e. The lowest BCUT2D eigenvalue weighted by Crippen LogP contribution is -2.36. The minimum atomic E-state index is -0.279. The Bertz CT molecular complexity index is 845. The van der Waals surface area contributed by atoms with E-state index in [-0.39, 0.29) is 12.5 Å². The van der Waals surface area contributed by atoms with Crippen molar-refractivity contribution in [2.45, 2.75) is 6.54 Å². The van der Waals surface area contributed by atoms with E-state index in [1.165, 1.54) is 4.90 Å². The average Bonchev–Trinajstić information content (AvgIpc) is 3.01. The molecule has 7 heteroatoms. The molecule has 0 bridgehead atoms. The first-order valence-electron chi connectivity index (χ1n) is 7.32. The first kappa shape index (κ1) is 16.0. The van der Waals surface area contributed by atoms with Gasteiger partial charge in [0, 0.05) is 23.1 Å². The molecule has 3 rings (SSSR count). The number of aromatic nitrogens is 2. The van der Waals surface area contributed by atoms with Gasteiger partial charge in [0.1, 0.15) is 12.2 Å². The average molecular weight is 343 g/mol. The lowest BCUT2D eigenvalue weighted by atomic mass is 10.3. The number of amides is 2. The van der Waals surface area contributed by atoms with Crippen molar-refractivity contribution in [3.63, 3.8) is 0 Å². The molecule has 0 aliphatic carbocycles. The Balaban J connectivity index is 1.61. The molecule has 0 saturated heterocycles. The van der Waals surface area contributed by atoms with Crippen LogP contribution >= 0.6 is 11.6 Å². The fraction of sp³-hybridized carbons (Fsp3) is 0.118. The van der Waals surface area contributed by atoms with Gasteiger partial charge in [0.25, 0.3) is 0 Å². The van der Waals surface area contributed by atoms with E-state index in [1.54, 1.807) is 24.3 Å². The van der Waals surface area contributed by atoms with Gasteiger partial charge in [-0.05, 0) is 30.3 Å². The van der Waals surface area contributed by atoms with Crippen molar-refractivity contribution < 1.29 is 9.59 Å². The third-order valence-corrected chi connectivity index (χ3v) is 3.70. The predicted octanol–water partition coefficient (Wildman–Crippen LogP) is 2.27. The van der Waals surface area contributed by atoms with E-state index in [2.05, 4.69) is 10.3 Å². The van der Waals surface area contributed by atoms with E-state index in [0.717, 1.165) is 11.3 Å².